The van der Waals surface area contributed by atoms with E-state index < -0.39 is 0 Å². The molecular weight excluding hydrogens is 348 g/mol. The quantitative estimate of drug-likeness (QED) is 0.479. The van der Waals surface area contributed by atoms with E-state index in [9.17, 15) is 9.59 Å². The van der Waals surface area contributed by atoms with E-state index in [2.05, 4.69) is 35.3 Å². The Balaban J connectivity index is 1.74. The summed E-state index contributed by atoms with van der Waals surface area (Å²) in [5.74, 6) is 0.939. The van der Waals surface area contributed by atoms with Crippen molar-refractivity contribution < 1.29 is 9.59 Å². The van der Waals surface area contributed by atoms with Gasteiger partial charge in [0, 0.05) is 18.7 Å². The van der Waals surface area contributed by atoms with Crippen molar-refractivity contribution in [3.8, 4) is 0 Å². The first kappa shape index (κ1) is 20.2. The van der Waals surface area contributed by atoms with Crippen LogP contribution in [0.2, 0.25) is 0 Å². The Hall–Kier alpha value is -2.15. The number of benzene rings is 1. The zero-order valence-corrected chi connectivity index (χ0v) is 16.4. The van der Waals surface area contributed by atoms with Crippen LogP contribution >= 0.6 is 12.2 Å². The van der Waals surface area contributed by atoms with Crippen molar-refractivity contribution in [3.05, 3.63) is 29.8 Å². The maximum absolute atomic E-state index is 12.1. The van der Waals surface area contributed by atoms with Crippen LogP contribution in [0.5, 0.6) is 0 Å². The predicted molar refractivity (Wildman–Crippen MR) is 107 cm³/mol. The Kier molecular flexibility index (Phi) is 7.38. The number of thiocarbonyl (C=S) groups is 1. The van der Waals surface area contributed by atoms with E-state index >= 15 is 0 Å². The van der Waals surface area contributed by atoms with Crippen molar-refractivity contribution in [2.75, 3.05) is 5.32 Å². The molecule has 0 heterocycles. The van der Waals surface area contributed by atoms with Crippen LogP contribution in [0.25, 0.3) is 0 Å². The standard InChI is InChI=1S/C19H28N4O2S/c1-12-5-4-6-17(13(12)2)21-19(26)23-22-18(25)11-15-7-9-16(10-8-15)20-14(3)24/h7-10,12-13,17H,4-6,11H2,1-3H3,(H,20,24)(H,22,25)(H2,21,23,26)/t12-,13+,17-/m0/s1. The fourth-order valence-electron chi connectivity index (χ4n) is 3.26. The van der Waals surface area contributed by atoms with Gasteiger partial charge in [-0.1, -0.05) is 38.8 Å². The zero-order chi connectivity index (χ0) is 19.1. The molecule has 0 aromatic heterocycles. The van der Waals surface area contributed by atoms with Crippen LogP contribution in [0.4, 0.5) is 5.69 Å². The maximum atomic E-state index is 12.1. The fourth-order valence-corrected chi connectivity index (χ4v) is 3.46. The largest absolute Gasteiger partial charge is 0.358 e. The molecule has 0 bridgehead atoms. The highest BCUT2D eigenvalue weighted by Crippen LogP contribution is 2.29. The first-order chi connectivity index (χ1) is 12.3. The molecule has 1 saturated carbocycles. The van der Waals surface area contributed by atoms with E-state index in [1.54, 1.807) is 12.1 Å². The van der Waals surface area contributed by atoms with E-state index in [1.807, 2.05) is 12.1 Å². The van der Waals surface area contributed by atoms with E-state index in [4.69, 9.17) is 12.2 Å². The highest BCUT2D eigenvalue weighted by atomic mass is 32.1. The summed E-state index contributed by atoms with van der Waals surface area (Å²) in [6.07, 6.45) is 3.79. The average Bonchev–Trinajstić information content (AvgIpc) is 2.58. The minimum Gasteiger partial charge on any atom is -0.358 e. The molecule has 2 amide bonds. The van der Waals surface area contributed by atoms with Gasteiger partial charge in [-0.05, 0) is 48.2 Å². The predicted octanol–water partition coefficient (Wildman–Crippen LogP) is 2.51. The van der Waals surface area contributed by atoms with Gasteiger partial charge < -0.3 is 10.6 Å². The highest BCUT2D eigenvalue weighted by Gasteiger charge is 2.27. The lowest BCUT2D eigenvalue weighted by molar-refractivity contribution is -0.121. The van der Waals surface area contributed by atoms with Crippen LogP contribution in [0.1, 0.15) is 45.6 Å². The summed E-state index contributed by atoms with van der Waals surface area (Å²) in [6, 6.07) is 7.51. The molecule has 0 spiro atoms. The van der Waals surface area contributed by atoms with E-state index in [-0.39, 0.29) is 18.2 Å². The summed E-state index contributed by atoms with van der Waals surface area (Å²) in [5, 5.41) is 6.45. The van der Waals surface area contributed by atoms with Crippen LogP contribution in [0, 0.1) is 11.8 Å². The summed E-state index contributed by atoms with van der Waals surface area (Å²) in [5.41, 5.74) is 6.98. The van der Waals surface area contributed by atoms with Gasteiger partial charge in [0.1, 0.15) is 0 Å². The van der Waals surface area contributed by atoms with Crippen molar-refractivity contribution in [1.82, 2.24) is 16.2 Å². The van der Waals surface area contributed by atoms with Crippen LogP contribution in [-0.4, -0.2) is 23.0 Å². The van der Waals surface area contributed by atoms with Gasteiger partial charge in [-0.2, -0.15) is 0 Å². The molecule has 2 rings (SSSR count). The molecule has 142 valence electrons. The second kappa shape index (κ2) is 9.52. The SMILES string of the molecule is CC(=O)Nc1ccc(CC(=O)NNC(=S)N[C@H]2CCC[C@H](C)[C@H]2C)cc1. The summed E-state index contributed by atoms with van der Waals surface area (Å²) >= 11 is 5.29. The average molecular weight is 377 g/mol. The Morgan fingerprint density at radius 3 is 2.46 bits per heavy atom. The number of hydrazine groups is 1. The number of anilines is 1. The Morgan fingerprint density at radius 2 is 1.81 bits per heavy atom. The van der Waals surface area contributed by atoms with Crippen molar-refractivity contribution in [2.45, 2.75) is 52.5 Å². The molecule has 1 fully saturated rings. The highest BCUT2D eigenvalue weighted by molar-refractivity contribution is 7.80. The fraction of sp³-hybridized carbons (Fsp3) is 0.526. The molecule has 1 aliphatic carbocycles. The molecule has 0 saturated heterocycles. The second-order valence-corrected chi connectivity index (χ2v) is 7.48. The molecule has 3 atom stereocenters. The minimum absolute atomic E-state index is 0.123. The van der Waals surface area contributed by atoms with E-state index in [0.717, 1.165) is 12.0 Å². The first-order valence-electron chi connectivity index (χ1n) is 9.07. The summed E-state index contributed by atoms with van der Waals surface area (Å²) < 4.78 is 0. The van der Waals surface area contributed by atoms with Gasteiger partial charge in [-0.25, -0.2) is 0 Å². The topological polar surface area (TPSA) is 82.3 Å². The molecule has 0 unspecified atom stereocenters. The number of hydrogen-bond acceptors (Lipinski definition) is 3. The Morgan fingerprint density at radius 1 is 1.12 bits per heavy atom. The van der Waals surface area contributed by atoms with E-state index in [1.165, 1.54) is 19.8 Å². The molecule has 0 radical (unpaired) electrons. The van der Waals surface area contributed by atoms with Gasteiger partial charge in [0.05, 0.1) is 6.42 Å². The first-order valence-corrected chi connectivity index (χ1v) is 9.48. The molecule has 4 N–H and O–H groups in total. The van der Waals surface area contributed by atoms with Gasteiger partial charge in [-0.15, -0.1) is 0 Å². The Bertz CT molecular complexity index is 647. The molecule has 7 heteroatoms. The molecule has 26 heavy (non-hydrogen) atoms. The van der Waals surface area contributed by atoms with Gasteiger partial charge in [-0.3, -0.25) is 20.4 Å². The van der Waals surface area contributed by atoms with E-state index in [0.29, 0.717) is 28.7 Å². The van der Waals surface area contributed by atoms with Crippen LogP contribution in [0.3, 0.4) is 0 Å². The van der Waals surface area contributed by atoms with Crippen LogP contribution in [0.15, 0.2) is 24.3 Å². The maximum Gasteiger partial charge on any atom is 0.242 e. The van der Waals surface area contributed by atoms with Crippen molar-refractivity contribution in [2.24, 2.45) is 11.8 Å². The van der Waals surface area contributed by atoms with Crippen molar-refractivity contribution in [3.63, 3.8) is 0 Å². The Labute approximate surface area is 160 Å². The third-order valence-electron chi connectivity index (χ3n) is 4.98. The summed E-state index contributed by atoms with van der Waals surface area (Å²) in [7, 11) is 0. The number of carbonyl (C=O) groups is 2. The van der Waals surface area contributed by atoms with Crippen LogP contribution < -0.4 is 21.5 Å². The van der Waals surface area contributed by atoms with Gasteiger partial charge in [0.15, 0.2) is 5.11 Å². The minimum atomic E-state index is -0.175. The number of hydrogen-bond donors (Lipinski definition) is 4. The molecule has 0 aliphatic heterocycles. The second-order valence-electron chi connectivity index (χ2n) is 7.08. The molecule has 6 nitrogen and oxygen atoms in total. The van der Waals surface area contributed by atoms with Gasteiger partial charge >= 0.3 is 0 Å². The summed E-state index contributed by atoms with van der Waals surface area (Å²) in [6.45, 7) is 5.97. The molecule has 1 aromatic rings. The molecule has 1 aliphatic rings. The van der Waals surface area contributed by atoms with Gasteiger partial charge in [0.25, 0.3) is 0 Å². The number of nitrogens with one attached hydrogen (secondary N) is 4. The third kappa shape index (κ3) is 6.29. The van der Waals surface area contributed by atoms with Crippen molar-refractivity contribution >= 4 is 34.8 Å². The third-order valence-corrected chi connectivity index (χ3v) is 5.20. The summed E-state index contributed by atoms with van der Waals surface area (Å²) in [4.78, 5) is 23.1. The lowest BCUT2D eigenvalue weighted by Gasteiger charge is -2.35. The lowest BCUT2D eigenvalue weighted by Crippen LogP contribution is -2.52. The van der Waals surface area contributed by atoms with Gasteiger partial charge in [0.2, 0.25) is 11.8 Å². The monoisotopic (exact) mass is 376 g/mol. The lowest BCUT2D eigenvalue weighted by atomic mass is 9.78. The number of rotatable bonds is 4. The number of carbonyl (C=O) groups excluding carboxylic acids is 2. The molecular formula is C19H28N4O2S. The number of amides is 2. The van der Waals surface area contributed by atoms with Crippen molar-refractivity contribution in [1.29, 1.82) is 0 Å². The molecule has 1 aromatic carbocycles. The van der Waals surface area contributed by atoms with Crippen LogP contribution in [-0.2, 0) is 16.0 Å². The smallest absolute Gasteiger partial charge is 0.242 e. The zero-order valence-electron chi connectivity index (χ0n) is 15.6. The normalized spacial score (nSPS) is 22.2.